The predicted octanol–water partition coefficient (Wildman–Crippen LogP) is 4.86. The van der Waals surface area contributed by atoms with Gasteiger partial charge in [0, 0.05) is 35.4 Å². The molecule has 3 aromatic carbocycles. The van der Waals surface area contributed by atoms with Crippen LogP contribution in [0.4, 0.5) is 0 Å². The molecule has 0 spiro atoms. The SMILES string of the molecule is CCCn1c(=NC(=O)c2ccc(C(=O)c3ccccc3)cc2)sc2cc3c(cc21)OCCO3. The number of nitrogens with zero attached hydrogens (tertiary/aromatic N) is 2. The summed E-state index contributed by atoms with van der Waals surface area (Å²) in [7, 11) is 0. The van der Waals surface area contributed by atoms with Crippen LogP contribution in [0.3, 0.4) is 0 Å². The molecule has 1 aliphatic heterocycles. The highest BCUT2D eigenvalue weighted by molar-refractivity contribution is 7.16. The maximum atomic E-state index is 12.9. The van der Waals surface area contributed by atoms with Crippen molar-refractivity contribution >= 4 is 33.2 Å². The summed E-state index contributed by atoms with van der Waals surface area (Å²) in [4.78, 5) is 30.6. The number of aromatic nitrogens is 1. The molecule has 0 unspecified atom stereocenters. The highest BCUT2D eigenvalue weighted by Crippen LogP contribution is 2.35. The lowest BCUT2D eigenvalue weighted by atomic mass is 10.0. The van der Waals surface area contributed by atoms with E-state index in [-0.39, 0.29) is 11.7 Å². The lowest BCUT2D eigenvalue weighted by Gasteiger charge is -2.18. The third-order valence-corrected chi connectivity index (χ3v) is 6.46. The molecule has 0 aliphatic carbocycles. The fourth-order valence-corrected chi connectivity index (χ4v) is 4.87. The molecule has 0 saturated heterocycles. The fraction of sp³-hybridized carbons (Fsp3) is 0.192. The van der Waals surface area contributed by atoms with Crippen LogP contribution < -0.4 is 14.3 Å². The van der Waals surface area contributed by atoms with Gasteiger partial charge in [-0.15, -0.1) is 0 Å². The van der Waals surface area contributed by atoms with Crippen LogP contribution in [0.5, 0.6) is 11.5 Å². The van der Waals surface area contributed by atoms with E-state index in [1.165, 1.54) is 11.3 Å². The monoisotopic (exact) mass is 458 g/mol. The van der Waals surface area contributed by atoms with Crippen LogP contribution in [0.2, 0.25) is 0 Å². The number of benzene rings is 3. The summed E-state index contributed by atoms with van der Waals surface area (Å²) >= 11 is 1.45. The Bertz CT molecular complexity index is 1400. The summed E-state index contributed by atoms with van der Waals surface area (Å²) in [5.41, 5.74) is 2.56. The molecule has 5 rings (SSSR count). The molecule has 0 bridgehead atoms. The Labute approximate surface area is 194 Å². The van der Waals surface area contributed by atoms with Crippen LogP contribution in [-0.2, 0) is 6.54 Å². The van der Waals surface area contributed by atoms with E-state index in [1.807, 2.05) is 34.9 Å². The van der Waals surface area contributed by atoms with E-state index >= 15 is 0 Å². The number of hydrogen-bond donors (Lipinski definition) is 0. The molecule has 1 aliphatic rings. The number of ether oxygens (including phenoxy) is 2. The number of rotatable bonds is 5. The van der Waals surface area contributed by atoms with Gasteiger partial charge in [-0.05, 0) is 18.6 Å². The zero-order valence-corrected chi connectivity index (χ0v) is 18.9. The lowest BCUT2D eigenvalue weighted by Crippen LogP contribution is -2.17. The third kappa shape index (κ3) is 4.19. The Hall–Kier alpha value is -3.71. The van der Waals surface area contributed by atoms with Crippen LogP contribution in [0, 0.1) is 0 Å². The number of amides is 1. The highest BCUT2D eigenvalue weighted by Gasteiger charge is 2.17. The Morgan fingerprint density at radius 2 is 1.55 bits per heavy atom. The molecule has 166 valence electrons. The van der Waals surface area contributed by atoms with Crippen LogP contribution in [-0.4, -0.2) is 29.5 Å². The summed E-state index contributed by atoms with van der Waals surface area (Å²) < 4.78 is 14.5. The number of ketones is 1. The molecule has 7 heteroatoms. The van der Waals surface area contributed by atoms with Gasteiger partial charge in [0.05, 0.1) is 10.2 Å². The minimum absolute atomic E-state index is 0.0785. The van der Waals surface area contributed by atoms with Gasteiger partial charge in [-0.3, -0.25) is 9.59 Å². The van der Waals surface area contributed by atoms with Crippen molar-refractivity contribution in [2.24, 2.45) is 4.99 Å². The average molecular weight is 459 g/mol. The van der Waals surface area contributed by atoms with Gasteiger partial charge in [-0.25, -0.2) is 0 Å². The topological polar surface area (TPSA) is 69.9 Å². The Kier molecular flexibility index (Phi) is 5.79. The molecule has 33 heavy (non-hydrogen) atoms. The second-order valence-corrected chi connectivity index (χ2v) is 8.70. The van der Waals surface area contributed by atoms with Crippen molar-refractivity contribution in [3.8, 4) is 11.5 Å². The molecule has 1 aromatic heterocycles. The highest BCUT2D eigenvalue weighted by atomic mass is 32.1. The molecule has 0 atom stereocenters. The lowest BCUT2D eigenvalue weighted by molar-refractivity contribution is 0.0994. The zero-order valence-electron chi connectivity index (χ0n) is 18.1. The average Bonchev–Trinajstić information content (AvgIpc) is 3.18. The number of fused-ring (bicyclic) bond motifs is 2. The first-order chi connectivity index (χ1) is 16.1. The summed E-state index contributed by atoms with van der Waals surface area (Å²) in [6, 6.07) is 19.6. The fourth-order valence-electron chi connectivity index (χ4n) is 3.80. The first-order valence-electron chi connectivity index (χ1n) is 10.9. The van der Waals surface area contributed by atoms with E-state index in [0.29, 0.717) is 40.5 Å². The van der Waals surface area contributed by atoms with E-state index < -0.39 is 0 Å². The number of carbonyl (C=O) groups is 2. The van der Waals surface area contributed by atoms with Crippen molar-refractivity contribution in [3.63, 3.8) is 0 Å². The van der Waals surface area contributed by atoms with Crippen molar-refractivity contribution in [1.29, 1.82) is 0 Å². The van der Waals surface area contributed by atoms with Crippen LogP contribution >= 0.6 is 11.3 Å². The van der Waals surface area contributed by atoms with Crippen molar-refractivity contribution in [2.75, 3.05) is 13.2 Å². The summed E-state index contributed by atoms with van der Waals surface area (Å²) in [5.74, 6) is 1.01. The van der Waals surface area contributed by atoms with Gasteiger partial charge in [-0.2, -0.15) is 4.99 Å². The molecule has 0 radical (unpaired) electrons. The Morgan fingerprint density at radius 3 is 2.24 bits per heavy atom. The van der Waals surface area contributed by atoms with Crippen molar-refractivity contribution in [3.05, 3.63) is 88.2 Å². The maximum Gasteiger partial charge on any atom is 0.279 e. The molecule has 0 fully saturated rings. The van der Waals surface area contributed by atoms with Gasteiger partial charge in [0.2, 0.25) is 0 Å². The molecule has 4 aromatic rings. The number of aryl methyl sites for hydroxylation is 1. The number of hydrogen-bond acceptors (Lipinski definition) is 5. The largest absolute Gasteiger partial charge is 0.486 e. The summed E-state index contributed by atoms with van der Waals surface area (Å²) in [6.07, 6.45) is 0.901. The Morgan fingerprint density at radius 1 is 0.909 bits per heavy atom. The van der Waals surface area contributed by atoms with Crippen molar-refractivity contribution in [1.82, 2.24) is 4.57 Å². The molecule has 0 N–H and O–H groups in total. The zero-order chi connectivity index (χ0) is 22.8. The van der Waals surface area contributed by atoms with Gasteiger partial charge in [0.25, 0.3) is 5.91 Å². The second-order valence-electron chi connectivity index (χ2n) is 7.69. The van der Waals surface area contributed by atoms with E-state index in [9.17, 15) is 9.59 Å². The van der Waals surface area contributed by atoms with Gasteiger partial charge >= 0.3 is 0 Å². The summed E-state index contributed by atoms with van der Waals surface area (Å²) in [6.45, 7) is 3.87. The van der Waals surface area contributed by atoms with E-state index in [0.717, 1.165) is 28.9 Å². The molecular formula is C26H22N2O4S. The standard InChI is InChI=1S/C26H22N2O4S/c1-2-12-28-20-15-21-22(32-14-13-31-21)16-23(20)33-26(28)27-25(30)19-10-8-18(9-11-19)24(29)17-6-4-3-5-7-17/h3-11,15-16H,2,12-14H2,1H3. The van der Waals surface area contributed by atoms with Crippen LogP contribution in [0.1, 0.15) is 39.6 Å². The first kappa shape index (κ1) is 21.2. The minimum atomic E-state index is -0.345. The molecule has 0 saturated carbocycles. The number of carbonyl (C=O) groups excluding carboxylic acids is 2. The van der Waals surface area contributed by atoms with Gasteiger partial charge < -0.3 is 14.0 Å². The molecular weight excluding hydrogens is 436 g/mol. The smallest absolute Gasteiger partial charge is 0.279 e. The van der Waals surface area contributed by atoms with E-state index in [4.69, 9.17) is 9.47 Å². The Balaban J connectivity index is 1.48. The van der Waals surface area contributed by atoms with E-state index in [2.05, 4.69) is 11.9 Å². The quantitative estimate of drug-likeness (QED) is 0.401. The van der Waals surface area contributed by atoms with Crippen molar-refractivity contribution in [2.45, 2.75) is 19.9 Å². The minimum Gasteiger partial charge on any atom is -0.486 e. The van der Waals surface area contributed by atoms with E-state index in [1.54, 1.807) is 36.4 Å². The first-order valence-corrected chi connectivity index (χ1v) is 11.7. The van der Waals surface area contributed by atoms with Gasteiger partial charge in [0.15, 0.2) is 22.1 Å². The van der Waals surface area contributed by atoms with Crippen LogP contribution in [0.15, 0.2) is 71.7 Å². The second kappa shape index (κ2) is 9.03. The van der Waals surface area contributed by atoms with Crippen LogP contribution in [0.25, 0.3) is 10.2 Å². The molecule has 2 heterocycles. The summed E-state index contributed by atoms with van der Waals surface area (Å²) in [5, 5.41) is 0. The van der Waals surface area contributed by atoms with Crippen molar-refractivity contribution < 1.29 is 19.1 Å². The predicted molar refractivity (Wildman–Crippen MR) is 127 cm³/mol. The maximum absolute atomic E-state index is 12.9. The normalized spacial score (nSPS) is 13.3. The molecule has 1 amide bonds. The van der Waals surface area contributed by atoms with Gasteiger partial charge in [0.1, 0.15) is 13.2 Å². The number of thiazole rings is 1. The molecule has 6 nitrogen and oxygen atoms in total. The van der Waals surface area contributed by atoms with Gasteiger partial charge in [-0.1, -0.05) is 60.7 Å². The third-order valence-electron chi connectivity index (χ3n) is 5.42.